The molecule has 4 rings (SSSR count). The van der Waals surface area contributed by atoms with Crippen molar-refractivity contribution in [2.45, 2.75) is 19.9 Å². The topological polar surface area (TPSA) is 47.1 Å². The van der Waals surface area contributed by atoms with Crippen LogP contribution in [0.4, 0.5) is 0 Å². The number of aryl methyl sites for hydroxylation is 1. The Kier molecular flexibility index (Phi) is 7.37. The van der Waals surface area contributed by atoms with Gasteiger partial charge < -0.3 is 9.80 Å². The monoisotopic (exact) mass is 440 g/mol. The molecule has 6 nitrogen and oxygen atoms in total. The van der Waals surface area contributed by atoms with Crippen molar-refractivity contribution in [1.29, 1.82) is 0 Å². The van der Waals surface area contributed by atoms with Crippen LogP contribution in [0.3, 0.4) is 0 Å². The van der Waals surface area contributed by atoms with Crippen molar-refractivity contribution in [3.63, 3.8) is 0 Å². The molecule has 0 unspecified atom stereocenters. The maximum atomic E-state index is 12.8. The van der Waals surface area contributed by atoms with E-state index in [0.29, 0.717) is 26.1 Å². The van der Waals surface area contributed by atoms with E-state index in [2.05, 4.69) is 26.6 Å². The maximum absolute atomic E-state index is 12.8. The van der Waals surface area contributed by atoms with E-state index >= 15 is 0 Å². The zero-order chi connectivity index (χ0) is 21.6. The van der Waals surface area contributed by atoms with Crippen LogP contribution in [0.1, 0.15) is 16.7 Å². The SMILES string of the molecule is Cc1ccccc1CC(=O)N1CCN(CC(=O)N2CCN(Cc3ccsc3)CC2)CC1. The molecule has 0 aliphatic carbocycles. The van der Waals surface area contributed by atoms with Gasteiger partial charge in [-0.2, -0.15) is 11.3 Å². The number of amides is 2. The largest absolute Gasteiger partial charge is 0.340 e. The normalized spacial score (nSPS) is 18.4. The minimum absolute atomic E-state index is 0.182. The van der Waals surface area contributed by atoms with Crippen molar-refractivity contribution in [2.24, 2.45) is 0 Å². The third kappa shape index (κ3) is 5.93. The third-order valence-electron chi connectivity index (χ3n) is 6.40. The van der Waals surface area contributed by atoms with Gasteiger partial charge in [-0.05, 0) is 40.4 Å². The second-order valence-electron chi connectivity index (χ2n) is 8.55. The fourth-order valence-electron chi connectivity index (χ4n) is 4.33. The molecule has 1 aromatic heterocycles. The Balaban J connectivity index is 1.17. The predicted molar refractivity (Wildman–Crippen MR) is 124 cm³/mol. The highest BCUT2D eigenvalue weighted by atomic mass is 32.1. The third-order valence-corrected chi connectivity index (χ3v) is 7.13. The van der Waals surface area contributed by atoms with E-state index in [-0.39, 0.29) is 11.8 Å². The van der Waals surface area contributed by atoms with E-state index in [4.69, 9.17) is 0 Å². The van der Waals surface area contributed by atoms with Crippen LogP contribution in [0.25, 0.3) is 0 Å². The number of hydrogen-bond acceptors (Lipinski definition) is 5. The molecule has 166 valence electrons. The average Bonchev–Trinajstić information content (AvgIpc) is 3.29. The quantitative estimate of drug-likeness (QED) is 0.690. The Morgan fingerprint density at radius 1 is 0.839 bits per heavy atom. The summed E-state index contributed by atoms with van der Waals surface area (Å²) >= 11 is 1.73. The number of nitrogens with zero attached hydrogens (tertiary/aromatic N) is 4. The average molecular weight is 441 g/mol. The van der Waals surface area contributed by atoms with Crippen LogP contribution in [0.5, 0.6) is 0 Å². The summed E-state index contributed by atoms with van der Waals surface area (Å²) in [6.45, 7) is 9.90. The number of piperazine rings is 2. The summed E-state index contributed by atoms with van der Waals surface area (Å²) in [5, 5.41) is 4.31. The van der Waals surface area contributed by atoms with Crippen molar-refractivity contribution in [3.8, 4) is 0 Å². The van der Waals surface area contributed by atoms with Crippen molar-refractivity contribution in [3.05, 3.63) is 57.8 Å². The first-order valence-corrected chi connectivity index (χ1v) is 12.1. The summed E-state index contributed by atoms with van der Waals surface area (Å²) in [5.41, 5.74) is 3.62. The molecule has 2 aliphatic heterocycles. The van der Waals surface area contributed by atoms with Crippen LogP contribution in [0.2, 0.25) is 0 Å². The van der Waals surface area contributed by atoms with E-state index in [1.54, 1.807) is 11.3 Å². The van der Waals surface area contributed by atoms with Crippen LogP contribution in [-0.2, 0) is 22.6 Å². The first kappa shape index (κ1) is 22.0. The summed E-state index contributed by atoms with van der Waals surface area (Å²) in [4.78, 5) is 34.0. The lowest BCUT2D eigenvalue weighted by Gasteiger charge is -2.38. The molecule has 2 saturated heterocycles. The smallest absolute Gasteiger partial charge is 0.236 e. The first-order valence-electron chi connectivity index (χ1n) is 11.1. The highest BCUT2D eigenvalue weighted by Gasteiger charge is 2.26. The number of rotatable bonds is 6. The van der Waals surface area contributed by atoms with Crippen LogP contribution in [-0.4, -0.2) is 90.3 Å². The number of hydrogen-bond donors (Lipinski definition) is 0. The van der Waals surface area contributed by atoms with Crippen LogP contribution >= 0.6 is 11.3 Å². The molecule has 0 bridgehead atoms. The molecule has 0 spiro atoms. The molecule has 3 heterocycles. The lowest BCUT2D eigenvalue weighted by Crippen LogP contribution is -2.54. The van der Waals surface area contributed by atoms with Gasteiger partial charge in [0.2, 0.25) is 11.8 Å². The van der Waals surface area contributed by atoms with Crippen LogP contribution < -0.4 is 0 Å². The summed E-state index contributed by atoms with van der Waals surface area (Å²) in [5.74, 6) is 0.400. The van der Waals surface area contributed by atoms with Gasteiger partial charge in [0.15, 0.2) is 0 Å². The van der Waals surface area contributed by atoms with E-state index in [0.717, 1.165) is 56.9 Å². The molecule has 0 N–H and O–H groups in total. The van der Waals surface area contributed by atoms with Gasteiger partial charge in [-0.1, -0.05) is 24.3 Å². The highest BCUT2D eigenvalue weighted by molar-refractivity contribution is 7.07. The van der Waals surface area contributed by atoms with Gasteiger partial charge in [-0.15, -0.1) is 0 Å². The van der Waals surface area contributed by atoms with Gasteiger partial charge in [-0.3, -0.25) is 19.4 Å². The predicted octanol–water partition coefficient (Wildman–Crippen LogP) is 2.09. The van der Waals surface area contributed by atoms with Crippen molar-refractivity contribution < 1.29 is 9.59 Å². The van der Waals surface area contributed by atoms with Gasteiger partial charge in [0.05, 0.1) is 13.0 Å². The molecular formula is C24H32N4O2S. The van der Waals surface area contributed by atoms with E-state index in [1.807, 2.05) is 41.0 Å². The lowest BCUT2D eigenvalue weighted by atomic mass is 10.1. The number of carbonyl (C=O) groups excluding carboxylic acids is 2. The van der Waals surface area contributed by atoms with Gasteiger partial charge in [0.1, 0.15) is 0 Å². The molecule has 31 heavy (non-hydrogen) atoms. The van der Waals surface area contributed by atoms with Gasteiger partial charge in [0.25, 0.3) is 0 Å². The lowest BCUT2D eigenvalue weighted by molar-refractivity contribution is -0.136. The van der Waals surface area contributed by atoms with E-state index in [9.17, 15) is 9.59 Å². The van der Waals surface area contributed by atoms with Crippen molar-refractivity contribution >= 4 is 23.2 Å². The number of thiophene rings is 1. The molecule has 1 aromatic carbocycles. The zero-order valence-corrected chi connectivity index (χ0v) is 19.1. The fraction of sp³-hybridized carbons (Fsp3) is 0.500. The van der Waals surface area contributed by atoms with Gasteiger partial charge in [0, 0.05) is 58.9 Å². The highest BCUT2D eigenvalue weighted by Crippen LogP contribution is 2.13. The molecule has 2 aromatic rings. The fourth-order valence-corrected chi connectivity index (χ4v) is 4.99. The Labute approximate surface area is 189 Å². The summed E-state index contributed by atoms with van der Waals surface area (Å²) < 4.78 is 0. The van der Waals surface area contributed by atoms with Crippen molar-refractivity contribution in [1.82, 2.24) is 19.6 Å². The zero-order valence-electron chi connectivity index (χ0n) is 18.3. The van der Waals surface area contributed by atoms with E-state index in [1.165, 1.54) is 5.56 Å². The van der Waals surface area contributed by atoms with Gasteiger partial charge in [-0.25, -0.2) is 0 Å². The summed E-state index contributed by atoms with van der Waals surface area (Å²) in [6, 6.07) is 10.2. The Morgan fingerprint density at radius 3 is 2.13 bits per heavy atom. The minimum atomic E-state index is 0.182. The molecule has 0 saturated carbocycles. The van der Waals surface area contributed by atoms with Crippen LogP contribution in [0, 0.1) is 6.92 Å². The second kappa shape index (κ2) is 10.4. The van der Waals surface area contributed by atoms with Crippen molar-refractivity contribution in [2.75, 3.05) is 58.9 Å². The summed E-state index contributed by atoms with van der Waals surface area (Å²) in [6.07, 6.45) is 0.460. The Bertz CT molecular complexity index is 869. The molecule has 2 amide bonds. The first-order chi connectivity index (χ1) is 15.1. The van der Waals surface area contributed by atoms with Gasteiger partial charge >= 0.3 is 0 Å². The standard InChI is InChI=1S/C24H32N4O2S/c1-20-4-2-3-5-22(20)16-23(29)27-11-9-26(10-12-27)18-24(30)28-13-7-25(8-14-28)17-21-6-15-31-19-21/h2-6,15,19H,7-14,16-18H2,1H3. The Morgan fingerprint density at radius 2 is 1.48 bits per heavy atom. The second-order valence-corrected chi connectivity index (χ2v) is 9.33. The van der Waals surface area contributed by atoms with E-state index < -0.39 is 0 Å². The van der Waals surface area contributed by atoms with Crippen LogP contribution in [0.15, 0.2) is 41.1 Å². The Hall–Kier alpha value is -2.22. The number of benzene rings is 1. The summed E-state index contributed by atoms with van der Waals surface area (Å²) in [7, 11) is 0. The molecule has 0 radical (unpaired) electrons. The molecule has 2 fully saturated rings. The maximum Gasteiger partial charge on any atom is 0.236 e. The minimum Gasteiger partial charge on any atom is -0.340 e. The molecular weight excluding hydrogens is 408 g/mol. The molecule has 7 heteroatoms. The molecule has 0 atom stereocenters. The molecule has 2 aliphatic rings. The number of carbonyl (C=O) groups is 2.